The Morgan fingerprint density at radius 2 is 1.44 bits per heavy atom. The molecule has 0 spiro atoms. The molecular formula is C22H18ClNO3. The predicted molar refractivity (Wildman–Crippen MR) is 105 cm³/mol. The number of rotatable bonds is 6. The van der Waals surface area contributed by atoms with Crippen molar-refractivity contribution in [3.05, 3.63) is 107 Å². The molecule has 0 aliphatic rings. The summed E-state index contributed by atoms with van der Waals surface area (Å²) in [6, 6.07) is 25.3. The molecule has 0 saturated heterocycles. The molecule has 3 rings (SSSR count). The van der Waals surface area contributed by atoms with Crippen LogP contribution in [-0.4, -0.2) is 18.5 Å². The van der Waals surface area contributed by atoms with Crippen LogP contribution in [0.2, 0.25) is 5.02 Å². The summed E-state index contributed by atoms with van der Waals surface area (Å²) in [6.45, 7) is -0.373. The van der Waals surface area contributed by atoms with Gasteiger partial charge in [-0.25, -0.2) is 4.79 Å². The van der Waals surface area contributed by atoms with Gasteiger partial charge in [0.05, 0.1) is 11.6 Å². The highest BCUT2D eigenvalue weighted by atomic mass is 35.5. The van der Waals surface area contributed by atoms with Crippen LogP contribution in [-0.2, 0) is 9.53 Å². The molecule has 4 nitrogen and oxygen atoms in total. The lowest BCUT2D eigenvalue weighted by Crippen LogP contribution is -2.33. The number of carbonyl (C=O) groups is 2. The van der Waals surface area contributed by atoms with E-state index in [0.717, 1.165) is 11.1 Å². The number of hydrogen-bond donors (Lipinski definition) is 1. The Morgan fingerprint density at radius 3 is 2.00 bits per heavy atom. The molecule has 0 aromatic heterocycles. The zero-order valence-corrected chi connectivity index (χ0v) is 15.2. The summed E-state index contributed by atoms with van der Waals surface area (Å²) in [6.07, 6.45) is 0. The van der Waals surface area contributed by atoms with Crippen molar-refractivity contribution in [1.29, 1.82) is 0 Å². The van der Waals surface area contributed by atoms with Crippen LogP contribution in [0, 0.1) is 0 Å². The third-order valence-electron chi connectivity index (χ3n) is 3.97. The van der Waals surface area contributed by atoms with Crippen LogP contribution in [0.1, 0.15) is 27.5 Å². The molecule has 27 heavy (non-hydrogen) atoms. The summed E-state index contributed by atoms with van der Waals surface area (Å²) >= 11 is 5.87. The van der Waals surface area contributed by atoms with Crippen molar-refractivity contribution in [2.45, 2.75) is 6.04 Å². The lowest BCUT2D eigenvalue weighted by atomic mass is 9.99. The van der Waals surface area contributed by atoms with E-state index < -0.39 is 5.97 Å². The molecule has 0 heterocycles. The molecular weight excluding hydrogens is 362 g/mol. The van der Waals surface area contributed by atoms with E-state index in [1.807, 2.05) is 60.7 Å². The Bertz CT molecular complexity index is 874. The van der Waals surface area contributed by atoms with Crippen LogP contribution in [0.25, 0.3) is 0 Å². The first-order valence-corrected chi connectivity index (χ1v) is 8.83. The molecule has 1 N–H and O–H groups in total. The number of benzene rings is 3. The normalized spacial score (nSPS) is 10.4. The van der Waals surface area contributed by atoms with Crippen molar-refractivity contribution in [1.82, 2.24) is 5.32 Å². The lowest BCUT2D eigenvalue weighted by Gasteiger charge is -2.20. The van der Waals surface area contributed by atoms with Crippen molar-refractivity contribution >= 4 is 23.5 Å². The molecule has 1 amide bonds. The van der Waals surface area contributed by atoms with E-state index in [-0.39, 0.29) is 18.6 Å². The highest BCUT2D eigenvalue weighted by molar-refractivity contribution is 6.30. The van der Waals surface area contributed by atoms with Crippen LogP contribution in [0.3, 0.4) is 0 Å². The van der Waals surface area contributed by atoms with Crippen molar-refractivity contribution in [3.63, 3.8) is 0 Å². The number of esters is 1. The van der Waals surface area contributed by atoms with Gasteiger partial charge >= 0.3 is 5.97 Å². The SMILES string of the molecule is O=C(COC(=O)c1cccc(Cl)c1)NC(c1ccccc1)c1ccccc1. The van der Waals surface area contributed by atoms with Crippen LogP contribution >= 0.6 is 11.6 Å². The first-order chi connectivity index (χ1) is 13.1. The number of amides is 1. The maximum absolute atomic E-state index is 12.4. The van der Waals surface area contributed by atoms with Gasteiger partial charge in [-0.1, -0.05) is 78.3 Å². The number of carbonyl (C=O) groups excluding carboxylic acids is 2. The van der Waals surface area contributed by atoms with Gasteiger partial charge in [0, 0.05) is 5.02 Å². The van der Waals surface area contributed by atoms with Crippen LogP contribution in [0.5, 0.6) is 0 Å². The zero-order chi connectivity index (χ0) is 19.1. The predicted octanol–water partition coefficient (Wildman–Crippen LogP) is 4.40. The number of hydrogen-bond acceptors (Lipinski definition) is 3. The van der Waals surface area contributed by atoms with Crippen molar-refractivity contribution in [2.24, 2.45) is 0 Å². The summed E-state index contributed by atoms with van der Waals surface area (Å²) < 4.78 is 5.11. The minimum absolute atomic E-state index is 0.304. The van der Waals surface area contributed by atoms with Crippen LogP contribution < -0.4 is 5.32 Å². The third-order valence-corrected chi connectivity index (χ3v) is 4.20. The van der Waals surface area contributed by atoms with Crippen molar-refractivity contribution in [2.75, 3.05) is 6.61 Å². The first kappa shape index (κ1) is 18.7. The van der Waals surface area contributed by atoms with Crippen molar-refractivity contribution in [3.8, 4) is 0 Å². The third kappa shape index (κ3) is 5.19. The summed E-state index contributed by atoms with van der Waals surface area (Å²) in [5, 5.41) is 3.36. The maximum Gasteiger partial charge on any atom is 0.338 e. The summed E-state index contributed by atoms with van der Waals surface area (Å²) in [5.41, 5.74) is 2.19. The van der Waals surface area contributed by atoms with E-state index in [9.17, 15) is 9.59 Å². The fraction of sp³-hybridized carbons (Fsp3) is 0.0909. The minimum atomic E-state index is -0.594. The van der Waals surface area contributed by atoms with Gasteiger partial charge in [-0.15, -0.1) is 0 Å². The molecule has 0 fully saturated rings. The van der Waals surface area contributed by atoms with Crippen molar-refractivity contribution < 1.29 is 14.3 Å². The van der Waals surface area contributed by atoms with Gasteiger partial charge in [0.25, 0.3) is 5.91 Å². The Balaban J connectivity index is 1.67. The largest absolute Gasteiger partial charge is 0.452 e. The average Bonchev–Trinajstić information content (AvgIpc) is 2.71. The Hall–Kier alpha value is -3.11. The molecule has 0 aliphatic heterocycles. The number of nitrogens with one attached hydrogen (secondary N) is 1. The maximum atomic E-state index is 12.4. The molecule has 0 saturated carbocycles. The van der Waals surface area contributed by atoms with Gasteiger partial charge in [-0.2, -0.15) is 0 Å². The van der Waals surface area contributed by atoms with E-state index in [4.69, 9.17) is 16.3 Å². The molecule has 0 aliphatic carbocycles. The van der Waals surface area contributed by atoms with Gasteiger partial charge in [0.15, 0.2) is 6.61 Å². The monoisotopic (exact) mass is 379 g/mol. The molecule has 0 radical (unpaired) electrons. The fourth-order valence-electron chi connectivity index (χ4n) is 2.68. The van der Waals surface area contributed by atoms with E-state index in [0.29, 0.717) is 10.6 Å². The second kappa shape index (κ2) is 9.01. The van der Waals surface area contributed by atoms with Gasteiger partial charge in [-0.3, -0.25) is 4.79 Å². The van der Waals surface area contributed by atoms with Gasteiger partial charge in [-0.05, 0) is 29.3 Å². The molecule has 0 unspecified atom stereocenters. The standard InChI is InChI=1S/C22H18ClNO3/c23-19-13-7-12-18(14-19)22(26)27-15-20(25)24-21(16-8-3-1-4-9-16)17-10-5-2-6-11-17/h1-14,21H,15H2,(H,24,25). The average molecular weight is 380 g/mol. The van der Waals surface area contributed by atoms with Crippen LogP contribution in [0.4, 0.5) is 0 Å². The van der Waals surface area contributed by atoms with Gasteiger partial charge in [0.1, 0.15) is 0 Å². The summed E-state index contributed by atoms with van der Waals surface area (Å²) in [7, 11) is 0. The van der Waals surface area contributed by atoms with E-state index in [1.54, 1.807) is 18.2 Å². The molecule has 3 aromatic carbocycles. The highest BCUT2D eigenvalue weighted by Gasteiger charge is 2.18. The summed E-state index contributed by atoms with van der Waals surface area (Å²) in [5.74, 6) is -0.980. The Morgan fingerprint density at radius 1 is 0.852 bits per heavy atom. The molecule has 0 bridgehead atoms. The van der Waals surface area contributed by atoms with Crippen LogP contribution in [0.15, 0.2) is 84.9 Å². The fourth-order valence-corrected chi connectivity index (χ4v) is 2.87. The van der Waals surface area contributed by atoms with E-state index >= 15 is 0 Å². The van der Waals surface area contributed by atoms with Gasteiger partial charge in [0.2, 0.25) is 0 Å². The van der Waals surface area contributed by atoms with E-state index in [1.165, 1.54) is 6.07 Å². The lowest BCUT2D eigenvalue weighted by molar-refractivity contribution is -0.124. The smallest absolute Gasteiger partial charge is 0.338 e. The van der Waals surface area contributed by atoms with Gasteiger partial charge < -0.3 is 10.1 Å². The van der Waals surface area contributed by atoms with E-state index in [2.05, 4.69) is 5.32 Å². The first-order valence-electron chi connectivity index (χ1n) is 8.45. The minimum Gasteiger partial charge on any atom is -0.452 e. The second-order valence-corrected chi connectivity index (χ2v) is 6.34. The second-order valence-electron chi connectivity index (χ2n) is 5.91. The topological polar surface area (TPSA) is 55.4 Å². The molecule has 0 atom stereocenters. The summed E-state index contributed by atoms with van der Waals surface area (Å²) in [4.78, 5) is 24.5. The zero-order valence-electron chi connectivity index (χ0n) is 14.5. The number of ether oxygens (including phenoxy) is 1. The number of halogens is 1. The Labute approximate surface area is 162 Å². The molecule has 5 heteroatoms. The molecule has 3 aromatic rings. The quantitative estimate of drug-likeness (QED) is 0.646. The molecule has 136 valence electrons. The Kier molecular flexibility index (Phi) is 6.23. The highest BCUT2D eigenvalue weighted by Crippen LogP contribution is 2.21.